The fourth-order valence-corrected chi connectivity index (χ4v) is 6.37. The van der Waals surface area contributed by atoms with E-state index in [4.69, 9.17) is 0 Å². The van der Waals surface area contributed by atoms with Crippen LogP contribution < -0.4 is 15.0 Å². The van der Waals surface area contributed by atoms with Crippen LogP contribution >= 0.6 is 0 Å². The quantitative estimate of drug-likeness (QED) is 0.383. The summed E-state index contributed by atoms with van der Waals surface area (Å²) in [4.78, 5) is 5.34. The Labute approximate surface area is 205 Å². The summed E-state index contributed by atoms with van der Waals surface area (Å²) >= 11 is 0. The van der Waals surface area contributed by atoms with Gasteiger partial charge in [0, 0.05) is 24.5 Å². The van der Waals surface area contributed by atoms with E-state index >= 15 is 0 Å². The van der Waals surface area contributed by atoms with E-state index in [-0.39, 0.29) is 0 Å². The first-order chi connectivity index (χ1) is 15.3. The highest BCUT2D eigenvalue weighted by molar-refractivity contribution is 6.88. The van der Waals surface area contributed by atoms with Crippen molar-refractivity contribution >= 4 is 24.6 Å². The van der Waals surface area contributed by atoms with Crippen LogP contribution in [-0.2, 0) is 0 Å². The number of hydrogen-bond donors (Lipinski definition) is 0. The molecule has 0 aliphatic carbocycles. The molecule has 182 valence electrons. The molecule has 1 heterocycles. The van der Waals surface area contributed by atoms with Gasteiger partial charge in [-0.1, -0.05) is 111 Å². The van der Waals surface area contributed by atoms with Crippen LogP contribution in [0.4, 0.5) is 11.4 Å². The summed E-state index contributed by atoms with van der Waals surface area (Å²) in [6, 6.07) is 12.1. The van der Waals surface area contributed by atoms with Gasteiger partial charge in [-0.3, -0.25) is 0 Å². The molecule has 33 heavy (non-hydrogen) atoms. The number of para-hydroxylation sites is 1. The molecule has 0 unspecified atom stereocenters. The molecular formula is C30H48N2Si. The fraction of sp³-hybridized carbons (Fsp3) is 0.600. The minimum Gasteiger partial charge on any atom is -0.352 e. The van der Waals surface area contributed by atoms with Crippen LogP contribution in [0.3, 0.4) is 0 Å². The van der Waals surface area contributed by atoms with Crippen molar-refractivity contribution < 1.29 is 0 Å². The summed E-state index contributed by atoms with van der Waals surface area (Å²) in [6.07, 6.45) is 0. The second kappa shape index (κ2) is 9.86. The monoisotopic (exact) mass is 464 g/mol. The number of benzene rings is 2. The molecule has 0 N–H and O–H groups in total. The van der Waals surface area contributed by atoms with E-state index in [2.05, 4.69) is 115 Å². The highest BCUT2D eigenvalue weighted by Gasteiger charge is 2.31. The summed E-state index contributed by atoms with van der Waals surface area (Å²) in [5.41, 5.74) is 9.07. The molecule has 1 fully saturated rings. The molecule has 0 spiro atoms. The van der Waals surface area contributed by atoms with Crippen LogP contribution in [0.1, 0.15) is 101 Å². The van der Waals surface area contributed by atoms with Crippen LogP contribution in [-0.4, -0.2) is 27.8 Å². The lowest BCUT2D eigenvalue weighted by atomic mass is 9.91. The van der Waals surface area contributed by atoms with Crippen LogP contribution in [0.25, 0.3) is 0 Å². The van der Waals surface area contributed by atoms with Crippen molar-refractivity contribution in [3.63, 3.8) is 0 Å². The number of anilines is 2. The number of nitrogens with zero attached hydrogens (tertiary/aromatic N) is 2. The van der Waals surface area contributed by atoms with Gasteiger partial charge in [0.25, 0.3) is 0 Å². The third-order valence-electron chi connectivity index (χ3n) is 7.24. The van der Waals surface area contributed by atoms with Crippen molar-refractivity contribution in [2.45, 2.75) is 98.7 Å². The topological polar surface area (TPSA) is 6.48 Å². The van der Waals surface area contributed by atoms with E-state index < -0.39 is 8.07 Å². The molecule has 3 heteroatoms. The molecule has 0 aromatic heterocycles. The fourth-order valence-electron chi connectivity index (χ4n) is 5.19. The highest BCUT2D eigenvalue weighted by atomic mass is 28.3. The van der Waals surface area contributed by atoms with Gasteiger partial charge in [-0.05, 0) is 45.9 Å². The van der Waals surface area contributed by atoms with E-state index in [1.54, 1.807) is 16.3 Å². The van der Waals surface area contributed by atoms with E-state index in [1.807, 2.05) is 0 Å². The molecular weight excluding hydrogens is 416 g/mol. The standard InChI is InChI=1S/C30H48N2Si/c1-20(2)25-13-12-14-26(21(3)4)29(25)31-15-16-32(19-31)30-27(22(5)6)17-24(33(9,10)11)18-28(30)23(7)8/h12-14,17-18,20-23H,15-16,19H2,1-11H3. The molecule has 1 aliphatic rings. The maximum Gasteiger partial charge on any atom is 0.0904 e. The molecule has 3 rings (SSSR count). The molecule has 1 saturated heterocycles. The van der Waals surface area contributed by atoms with Crippen molar-refractivity contribution in [3.8, 4) is 0 Å². The Morgan fingerprint density at radius 3 is 1.30 bits per heavy atom. The molecule has 0 atom stereocenters. The minimum absolute atomic E-state index is 0.525. The lowest BCUT2D eigenvalue weighted by Crippen LogP contribution is -2.39. The third kappa shape index (κ3) is 5.34. The lowest BCUT2D eigenvalue weighted by molar-refractivity contribution is 0.798. The summed E-state index contributed by atoms with van der Waals surface area (Å²) in [5.74, 6) is 2.11. The van der Waals surface area contributed by atoms with Crippen LogP contribution in [0.5, 0.6) is 0 Å². The van der Waals surface area contributed by atoms with Gasteiger partial charge in [0.05, 0.1) is 14.7 Å². The molecule has 0 amide bonds. The van der Waals surface area contributed by atoms with Crippen molar-refractivity contribution in [2.24, 2.45) is 0 Å². The number of rotatable bonds is 7. The van der Waals surface area contributed by atoms with E-state index in [0.29, 0.717) is 23.7 Å². The Morgan fingerprint density at radius 2 is 0.970 bits per heavy atom. The summed E-state index contributed by atoms with van der Waals surface area (Å²) < 4.78 is 0. The molecule has 1 aliphatic heterocycles. The maximum absolute atomic E-state index is 2.68. The first-order valence-corrected chi connectivity index (χ1v) is 16.6. The predicted octanol–water partition coefficient (Wildman–Crippen LogP) is 8.01. The maximum atomic E-state index is 2.68. The predicted molar refractivity (Wildman–Crippen MR) is 152 cm³/mol. The largest absolute Gasteiger partial charge is 0.352 e. The van der Waals surface area contributed by atoms with Gasteiger partial charge >= 0.3 is 0 Å². The third-order valence-corrected chi connectivity index (χ3v) is 9.26. The first kappa shape index (κ1) is 25.9. The smallest absolute Gasteiger partial charge is 0.0904 e. The second-order valence-electron chi connectivity index (χ2n) is 12.3. The molecule has 0 radical (unpaired) electrons. The average Bonchev–Trinajstić information content (AvgIpc) is 3.20. The van der Waals surface area contributed by atoms with Crippen LogP contribution in [0.15, 0.2) is 30.3 Å². The van der Waals surface area contributed by atoms with Gasteiger partial charge in [-0.25, -0.2) is 0 Å². The normalized spacial score (nSPS) is 15.1. The summed E-state index contributed by atoms with van der Waals surface area (Å²) in [5, 5.41) is 1.60. The minimum atomic E-state index is -1.39. The second-order valence-corrected chi connectivity index (χ2v) is 17.4. The van der Waals surface area contributed by atoms with Crippen molar-refractivity contribution in [2.75, 3.05) is 29.6 Å². The molecule has 2 nitrogen and oxygen atoms in total. The zero-order valence-corrected chi connectivity index (χ0v) is 24.2. The summed E-state index contributed by atoms with van der Waals surface area (Å²) in [7, 11) is -1.39. The molecule has 0 bridgehead atoms. The average molecular weight is 465 g/mol. The Kier molecular flexibility index (Phi) is 7.73. The van der Waals surface area contributed by atoms with Gasteiger partial charge in [-0.2, -0.15) is 0 Å². The van der Waals surface area contributed by atoms with E-state index in [0.717, 1.165) is 19.8 Å². The van der Waals surface area contributed by atoms with Gasteiger partial charge < -0.3 is 9.80 Å². The molecule has 2 aromatic carbocycles. The SMILES string of the molecule is CC(C)c1cccc(C(C)C)c1N1CCN(c2c(C(C)C)cc([Si](C)(C)C)cc2C(C)C)C1. The van der Waals surface area contributed by atoms with Crippen molar-refractivity contribution in [1.82, 2.24) is 0 Å². The van der Waals surface area contributed by atoms with Crippen molar-refractivity contribution in [1.29, 1.82) is 0 Å². The lowest BCUT2D eigenvalue weighted by Gasteiger charge is -2.32. The Hall–Kier alpha value is -1.74. The van der Waals surface area contributed by atoms with Crippen LogP contribution in [0.2, 0.25) is 19.6 Å². The zero-order valence-electron chi connectivity index (χ0n) is 23.2. The highest BCUT2D eigenvalue weighted by Crippen LogP contribution is 2.40. The van der Waals surface area contributed by atoms with Crippen LogP contribution in [0, 0.1) is 0 Å². The summed E-state index contributed by atoms with van der Waals surface area (Å²) in [6.45, 7) is 29.4. The van der Waals surface area contributed by atoms with Gasteiger partial charge in [-0.15, -0.1) is 0 Å². The van der Waals surface area contributed by atoms with Gasteiger partial charge in [0.1, 0.15) is 0 Å². The van der Waals surface area contributed by atoms with E-state index in [9.17, 15) is 0 Å². The number of hydrogen-bond acceptors (Lipinski definition) is 2. The Morgan fingerprint density at radius 1 is 0.606 bits per heavy atom. The van der Waals surface area contributed by atoms with Gasteiger partial charge in [0.2, 0.25) is 0 Å². The Bertz CT molecular complexity index is 910. The van der Waals surface area contributed by atoms with E-state index in [1.165, 1.54) is 22.5 Å². The Balaban J connectivity index is 2.10. The van der Waals surface area contributed by atoms with Crippen molar-refractivity contribution in [3.05, 3.63) is 52.6 Å². The first-order valence-electron chi connectivity index (χ1n) is 13.1. The molecule has 0 saturated carbocycles. The zero-order chi connectivity index (χ0) is 24.7. The molecule has 2 aromatic rings. The van der Waals surface area contributed by atoms with Gasteiger partial charge in [0.15, 0.2) is 0 Å².